The Bertz CT molecular complexity index is 959. The predicted octanol–water partition coefficient (Wildman–Crippen LogP) is 6.17. The van der Waals surface area contributed by atoms with Gasteiger partial charge in [0.15, 0.2) is 0 Å². The van der Waals surface area contributed by atoms with Gasteiger partial charge in [-0.3, -0.25) is 0 Å². The second-order valence-electron chi connectivity index (χ2n) is 6.93. The van der Waals surface area contributed by atoms with Crippen molar-refractivity contribution in [2.45, 2.75) is 25.2 Å². The molecule has 3 aromatic rings. The van der Waals surface area contributed by atoms with Gasteiger partial charge in [-0.1, -0.05) is 66.8 Å². The molecule has 0 radical (unpaired) electrons. The number of aryl methyl sites for hydroxylation is 1. The highest BCUT2D eigenvalue weighted by molar-refractivity contribution is 8.02. The molecule has 1 unspecified atom stereocenters. The molecule has 132 valence electrons. The summed E-state index contributed by atoms with van der Waals surface area (Å²) in [4.78, 5) is 0. The maximum atomic E-state index is 5.95. The van der Waals surface area contributed by atoms with Crippen LogP contribution in [0.3, 0.4) is 0 Å². The van der Waals surface area contributed by atoms with E-state index < -0.39 is 0 Å². The Kier molecular flexibility index (Phi) is 5.42. The SMILES string of the molecule is C1=CCSC=C1.NCC1CCCc2c1ccc1c2ccc2ccccc21. The third kappa shape index (κ3) is 3.44. The minimum Gasteiger partial charge on any atom is -0.330 e. The summed E-state index contributed by atoms with van der Waals surface area (Å²) >= 11 is 1.83. The van der Waals surface area contributed by atoms with Crippen molar-refractivity contribution in [2.75, 3.05) is 12.3 Å². The molecule has 2 N–H and O–H groups in total. The van der Waals surface area contributed by atoms with Crippen LogP contribution in [0.2, 0.25) is 0 Å². The zero-order valence-electron chi connectivity index (χ0n) is 15.0. The standard InChI is InChI=1S/C19H19N.C5H6S/c20-12-14-5-3-7-17-16(14)10-11-18-15-6-2-1-4-13(15)8-9-19(17)18;1-2-4-6-5-3-1/h1-2,4,6,8-11,14H,3,5,7,12,20H2;1-4H,5H2. The summed E-state index contributed by atoms with van der Waals surface area (Å²) in [5, 5.41) is 7.60. The smallest absolute Gasteiger partial charge is 0.0157 e. The number of hydrogen-bond donors (Lipinski definition) is 1. The fourth-order valence-electron chi connectivity index (χ4n) is 4.10. The van der Waals surface area contributed by atoms with Gasteiger partial charge in [0.2, 0.25) is 0 Å². The van der Waals surface area contributed by atoms with Crippen LogP contribution in [0.25, 0.3) is 21.5 Å². The molecule has 2 heteroatoms. The Morgan fingerprint density at radius 2 is 1.81 bits per heavy atom. The first kappa shape index (κ1) is 17.4. The molecule has 5 rings (SSSR count). The van der Waals surface area contributed by atoms with Crippen molar-refractivity contribution < 1.29 is 0 Å². The molecular formula is C24H25NS. The van der Waals surface area contributed by atoms with Crippen molar-refractivity contribution in [3.63, 3.8) is 0 Å². The molecule has 1 aliphatic heterocycles. The van der Waals surface area contributed by atoms with Crippen molar-refractivity contribution in [2.24, 2.45) is 5.73 Å². The topological polar surface area (TPSA) is 26.0 Å². The number of fused-ring (bicyclic) bond motifs is 5. The van der Waals surface area contributed by atoms with Crippen molar-refractivity contribution in [3.05, 3.63) is 83.3 Å². The largest absolute Gasteiger partial charge is 0.330 e. The van der Waals surface area contributed by atoms with Crippen molar-refractivity contribution in [3.8, 4) is 0 Å². The summed E-state index contributed by atoms with van der Waals surface area (Å²) < 4.78 is 0. The summed E-state index contributed by atoms with van der Waals surface area (Å²) in [6.07, 6.45) is 9.96. The number of thioether (sulfide) groups is 1. The minimum absolute atomic E-state index is 0.551. The first-order valence-electron chi connectivity index (χ1n) is 9.45. The Balaban J connectivity index is 0.000000240. The number of nitrogens with two attached hydrogens (primary N) is 1. The summed E-state index contributed by atoms with van der Waals surface area (Å²) in [7, 11) is 0. The highest BCUT2D eigenvalue weighted by Gasteiger charge is 2.20. The Morgan fingerprint density at radius 3 is 2.54 bits per heavy atom. The van der Waals surface area contributed by atoms with E-state index in [2.05, 4.69) is 66.1 Å². The minimum atomic E-state index is 0.551. The van der Waals surface area contributed by atoms with Gasteiger partial charge in [-0.2, -0.15) is 0 Å². The van der Waals surface area contributed by atoms with E-state index in [1.165, 1.54) is 51.9 Å². The number of rotatable bonds is 1. The van der Waals surface area contributed by atoms with Gasteiger partial charge >= 0.3 is 0 Å². The molecule has 1 nitrogen and oxygen atoms in total. The number of hydrogen-bond acceptors (Lipinski definition) is 2. The highest BCUT2D eigenvalue weighted by atomic mass is 32.2. The lowest BCUT2D eigenvalue weighted by Crippen LogP contribution is -2.18. The lowest BCUT2D eigenvalue weighted by atomic mass is 9.80. The second kappa shape index (κ2) is 8.11. The average molecular weight is 360 g/mol. The van der Waals surface area contributed by atoms with Gasteiger partial charge in [-0.05, 0) is 69.8 Å². The Morgan fingerprint density at radius 1 is 0.923 bits per heavy atom. The van der Waals surface area contributed by atoms with Crippen molar-refractivity contribution >= 4 is 33.3 Å². The average Bonchev–Trinajstić information content (AvgIpc) is 2.74. The maximum Gasteiger partial charge on any atom is 0.0157 e. The van der Waals surface area contributed by atoms with E-state index in [1.54, 1.807) is 0 Å². The molecule has 0 fully saturated rings. The molecular weight excluding hydrogens is 334 g/mol. The van der Waals surface area contributed by atoms with Crippen LogP contribution in [0.5, 0.6) is 0 Å². The number of benzene rings is 3. The van der Waals surface area contributed by atoms with Gasteiger partial charge < -0.3 is 5.73 Å². The molecule has 26 heavy (non-hydrogen) atoms. The highest BCUT2D eigenvalue weighted by Crippen LogP contribution is 2.37. The lowest BCUT2D eigenvalue weighted by Gasteiger charge is -2.26. The van der Waals surface area contributed by atoms with Gasteiger partial charge in [0.25, 0.3) is 0 Å². The molecule has 1 heterocycles. The van der Waals surface area contributed by atoms with E-state index in [-0.39, 0.29) is 0 Å². The van der Waals surface area contributed by atoms with E-state index in [0.29, 0.717) is 5.92 Å². The molecule has 0 saturated heterocycles. The molecule has 1 atom stereocenters. The molecule has 0 saturated carbocycles. The van der Waals surface area contributed by atoms with Crippen molar-refractivity contribution in [1.82, 2.24) is 0 Å². The summed E-state index contributed by atoms with van der Waals surface area (Å²) in [5.41, 5.74) is 8.98. The number of allylic oxidation sites excluding steroid dienone is 2. The van der Waals surface area contributed by atoms with Crippen LogP contribution in [-0.2, 0) is 6.42 Å². The van der Waals surface area contributed by atoms with Gasteiger partial charge in [0, 0.05) is 5.75 Å². The summed E-state index contributed by atoms with van der Waals surface area (Å²) in [6, 6.07) is 17.8. The normalized spacial score (nSPS) is 18.4. The Hall–Kier alpha value is -2.03. The van der Waals surface area contributed by atoms with Crippen LogP contribution in [0.4, 0.5) is 0 Å². The third-order valence-electron chi connectivity index (χ3n) is 5.39. The maximum absolute atomic E-state index is 5.95. The van der Waals surface area contributed by atoms with E-state index in [9.17, 15) is 0 Å². The third-order valence-corrected chi connectivity index (χ3v) is 6.13. The fourth-order valence-corrected chi connectivity index (χ4v) is 4.64. The zero-order valence-corrected chi connectivity index (χ0v) is 15.8. The van der Waals surface area contributed by atoms with E-state index in [1.807, 2.05) is 17.8 Å². The zero-order chi connectivity index (χ0) is 17.8. The van der Waals surface area contributed by atoms with Gasteiger partial charge in [-0.15, -0.1) is 11.8 Å². The van der Waals surface area contributed by atoms with Crippen LogP contribution in [0.15, 0.2) is 72.2 Å². The van der Waals surface area contributed by atoms with Gasteiger partial charge in [0.1, 0.15) is 0 Å². The van der Waals surface area contributed by atoms with Crippen LogP contribution >= 0.6 is 11.8 Å². The van der Waals surface area contributed by atoms with E-state index in [4.69, 9.17) is 5.73 Å². The molecule has 0 amide bonds. The first-order chi connectivity index (χ1) is 12.9. The predicted molar refractivity (Wildman–Crippen MR) is 117 cm³/mol. The van der Waals surface area contributed by atoms with E-state index >= 15 is 0 Å². The molecule has 2 aliphatic rings. The fraction of sp³-hybridized carbons (Fsp3) is 0.250. The lowest BCUT2D eigenvalue weighted by molar-refractivity contribution is 0.563. The van der Waals surface area contributed by atoms with Crippen LogP contribution in [0.1, 0.15) is 29.9 Å². The Labute approximate surface area is 160 Å². The summed E-state index contributed by atoms with van der Waals surface area (Å²) in [6.45, 7) is 0.770. The van der Waals surface area contributed by atoms with Gasteiger partial charge in [0.05, 0.1) is 0 Å². The molecule has 3 aromatic carbocycles. The molecule has 0 spiro atoms. The molecule has 0 aromatic heterocycles. The first-order valence-corrected chi connectivity index (χ1v) is 10.5. The summed E-state index contributed by atoms with van der Waals surface area (Å²) in [5.74, 6) is 1.70. The van der Waals surface area contributed by atoms with Crippen LogP contribution in [0, 0.1) is 0 Å². The quantitative estimate of drug-likeness (QED) is 0.525. The molecule has 0 bridgehead atoms. The van der Waals surface area contributed by atoms with E-state index in [0.717, 1.165) is 12.3 Å². The monoisotopic (exact) mass is 359 g/mol. The van der Waals surface area contributed by atoms with Crippen LogP contribution < -0.4 is 5.73 Å². The van der Waals surface area contributed by atoms with Crippen LogP contribution in [-0.4, -0.2) is 12.3 Å². The van der Waals surface area contributed by atoms with Crippen molar-refractivity contribution in [1.29, 1.82) is 0 Å². The molecule has 1 aliphatic carbocycles. The van der Waals surface area contributed by atoms with Gasteiger partial charge in [-0.25, -0.2) is 0 Å². The second-order valence-corrected chi connectivity index (χ2v) is 7.87.